The fourth-order valence-corrected chi connectivity index (χ4v) is 2.84. The number of hydrogen-bond acceptors (Lipinski definition) is 4. The molecule has 0 radical (unpaired) electrons. The van der Waals surface area contributed by atoms with Gasteiger partial charge >= 0.3 is 5.97 Å². The fraction of sp³-hybridized carbons (Fsp3) is 0.190. The number of esters is 1. The minimum atomic E-state index is -0.931. The van der Waals surface area contributed by atoms with Crippen LogP contribution in [0.3, 0.4) is 0 Å². The third-order valence-electron chi connectivity index (χ3n) is 4.27. The quantitative estimate of drug-likeness (QED) is 0.632. The first-order chi connectivity index (χ1) is 12.6. The molecule has 0 aliphatic carbocycles. The van der Waals surface area contributed by atoms with Crippen LogP contribution in [0.25, 0.3) is 0 Å². The first-order valence-corrected chi connectivity index (χ1v) is 8.41. The molecule has 5 heteroatoms. The Hall–Kier alpha value is -3.21. The van der Waals surface area contributed by atoms with E-state index in [1.807, 2.05) is 43.3 Å². The lowest BCUT2D eigenvalue weighted by Crippen LogP contribution is -2.21. The van der Waals surface area contributed by atoms with Crippen LogP contribution < -0.4 is 0 Å². The molecule has 0 aliphatic rings. The first-order valence-electron chi connectivity index (χ1n) is 8.41. The molecule has 0 saturated heterocycles. The van der Waals surface area contributed by atoms with E-state index in [0.717, 1.165) is 5.56 Å². The van der Waals surface area contributed by atoms with Crippen molar-refractivity contribution in [3.8, 4) is 0 Å². The summed E-state index contributed by atoms with van der Waals surface area (Å²) in [6.45, 7) is 3.39. The Balaban J connectivity index is 1.85. The number of aromatic nitrogens is 2. The van der Waals surface area contributed by atoms with E-state index >= 15 is 0 Å². The van der Waals surface area contributed by atoms with Crippen LogP contribution in [-0.4, -0.2) is 21.3 Å². The van der Waals surface area contributed by atoms with E-state index in [1.54, 1.807) is 35.2 Å². The average molecular weight is 348 g/mol. The third-order valence-corrected chi connectivity index (χ3v) is 4.27. The maximum atomic E-state index is 12.7. The lowest BCUT2D eigenvalue weighted by molar-refractivity contribution is -0.125. The minimum Gasteiger partial charge on any atom is -0.445 e. The number of ketones is 1. The molecule has 1 heterocycles. The Bertz CT molecular complexity index is 888. The summed E-state index contributed by atoms with van der Waals surface area (Å²) in [5, 5.41) is 0. The predicted molar refractivity (Wildman–Crippen MR) is 97.8 cm³/mol. The van der Waals surface area contributed by atoms with Gasteiger partial charge in [0.05, 0.1) is 18.6 Å². The molecule has 0 aliphatic heterocycles. The fourth-order valence-electron chi connectivity index (χ4n) is 2.84. The van der Waals surface area contributed by atoms with E-state index in [0.29, 0.717) is 11.3 Å². The van der Waals surface area contributed by atoms with E-state index in [1.165, 1.54) is 13.1 Å². The highest BCUT2D eigenvalue weighted by Gasteiger charge is 2.25. The molecule has 1 unspecified atom stereocenters. The number of benzene rings is 2. The molecule has 132 valence electrons. The van der Waals surface area contributed by atoms with Gasteiger partial charge in [-0.2, -0.15) is 0 Å². The third kappa shape index (κ3) is 3.72. The molecular formula is C21H20N2O3. The van der Waals surface area contributed by atoms with Gasteiger partial charge in [-0.15, -0.1) is 0 Å². The smallest absolute Gasteiger partial charge is 0.357 e. The molecule has 1 aromatic heterocycles. The van der Waals surface area contributed by atoms with Gasteiger partial charge in [0.1, 0.15) is 5.69 Å². The van der Waals surface area contributed by atoms with Crippen LogP contribution in [0.2, 0.25) is 0 Å². The van der Waals surface area contributed by atoms with Crippen molar-refractivity contribution in [2.24, 2.45) is 0 Å². The SMILES string of the molecule is CC(=O)C(OC(=O)c1cncn1[C@H](C)c1ccccc1)c1ccccc1. The number of rotatable bonds is 6. The second-order valence-electron chi connectivity index (χ2n) is 6.08. The molecule has 0 fully saturated rings. The molecule has 2 aromatic carbocycles. The van der Waals surface area contributed by atoms with E-state index in [2.05, 4.69) is 4.98 Å². The maximum absolute atomic E-state index is 12.7. The van der Waals surface area contributed by atoms with Gasteiger partial charge in [-0.25, -0.2) is 9.78 Å². The normalized spacial score (nSPS) is 13.0. The van der Waals surface area contributed by atoms with Crippen LogP contribution in [0, 0.1) is 0 Å². The number of ether oxygens (including phenoxy) is 1. The molecule has 0 N–H and O–H groups in total. The van der Waals surface area contributed by atoms with Crippen molar-refractivity contribution in [2.75, 3.05) is 0 Å². The lowest BCUT2D eigenvalue weighted by atomic mass is 10.1. The number of imidazole rings is 1. The summed E-state index contributed by atoms with van der Waals surface area (Å²) in [7, 11) is 0. The Kier molecular flexibility index (Phi) is 5.27. The van der Waals surface area contributed by atoms with Gasteiger partial charge in [-0.1, -0.05) is 60.7 Å². The van der Waals surface area contributed by atoms with Gasteiger partial charge < -0.3 is 9.30 Å². The van der Waals surface area contributed by atoms with Gasteiger partial charge in [0.15, 0.2) is 11.9 Å². The van der Waals surface area contributed by atoms with Crippen LogP contribution in [0.5, 0.6) is 0 Å². The summed E-state index contributed by atoms with van der Waals surface area (Å²) < 4.78 is 7.27. The summed E-state index contributed by atoms with van der Waals surface area (Å²) in [6.07, 6.45) is 2.13. The van der Waals surface area contributed by atoms with Crippen LogP contribution >= 0.6 is 0 Å². The zero-order valence-electron chi connectivity index (χ0n) is 14.7. The standard InChI is InChI=1S/C21H20N2O3/c1-15(17-9-5-3-6-10-17)23-14-22-13-19(23)21(25)26-20(16(2)24)18-11-7-4-8-12-18/h3-15,20H,1-2H3/t15-,20?/m1/s1. The number of nitrogens with zero attached hydrogens (tertiary/aromatic N) is 2. The summed E-state index contributed by atoms with van der Waals surface area (Å²) in [4.78, 5) is 28.8. The minimum absolute atomic E-state index is 0.0891. The van der Waals surface area contributed by atoms with E-state index in [-0.39, 0.29) is 11.8 Å². The highest BCUT2D eigenvalue weighted by Crippen LogP contribution is 2.23. The predicted octanol–water partition coefficient (Wildman–Crippen LogP) is 3.98. The van der Waals surface area contributed by atoms with E-state index < -0.39 is 12.1 Å². The van der Waals surface area contributed by atoms with Crippen molar-refractivity contribution in [1.29, 1.82) is 0 Å². The van der Waals surface area contributed by atoms with Crippen molar-refractivity contribution in [2.45, 2.75) is 26.0 Å². The van der Waals surface area contributed by atoms with Crippen LogP contribution in [0.4, 0.5) is 0 Å². The monoisotopic (exact) mass is 348 g/mol. The van der Waals surface area contributed by atoms with Crippen molar-refractivity contribution >= 4 is 11.8 Å². The van der Waals surface area contributed by atoms with Gasteiger partial charge in [-0.05, 0) is 25.0 Å². The Morgan fingerprint density at radius 3 is 2.12 bits per heavy atom. The zero-order valence-corrected chi connectivity index (χ0v) is 14.7. The molecule has 0 saturated carbocycles. The molecule has 0 spiro atoms. The second-order valence-corrected chi connectivity index (χ2v) is 6.08. The van der Waals surface area contributed by atoms with Crippen molar-refractivity contribution in [3.05, 3.63) is 90.0 Å². The first kappa shape index (κ1) is 17.6. The molecule has 2 atom stereocenters. The lowest BCUT2D eigenvalue weighted by Gasteiger charge is -2.19. The van der Waals surface area contributed by atoms with E-state index in [9.17, 15) is 9.59 Å². The topological polar surface area (TPSA) is 61.2 Å². The highest BCUT2D eigenvalue weighted by atomic mass is 16.5. The zero-order chi connectivity index (χ0) is 18.5. The average Bonchev–Trinajstić information content (AvgIpc) is 3.16. The van der Waals surface area contributed by atoms with E-state index in [4.69, 9.17) is 4.74 Å². The van der Waals surface area contributed by atoms with Gasteiger partial charge in [0.25, 0.3) is 0 Å². The molecular weight excluding hydrogens is 328 g/mol. The van der Waals surface area contributed by atoms with Crippen LogP contribution in [0.15, 0.2) is 73.2 Å². The Morgan fingerprint density at radius 1 is 0.962 bits per heavy atom. The second kappa shape index (κ2) is 7.78. The molecule has 0 amide bonds. The molecule has 0 bridgehead atoms. The van der Waals surface area contributed by atoms with Crippen molar-refractivity contribution in [3.63, 3.8) is 0 Å². The van der Waals surface area contributed by atoms with Crippen LogP contribution in [-0.2, 0) is 9.53 Å². The Morgan fingerprint density at radius 2 is 1.54 bits per heavy atom. The van der Waals surface area contributed by atoms with Crippen molar-refractivity contribution < 1.29 is 14.3 Å². The van der Waals surface area contributed by atoms with Gasteiger partial charge in [-0.3, -0.25) is 4.79 Å². The number of carbonyl (C=O) groups is 2. The van der Waals surface area contributed by atoms with Crippen LogP contribution in [0.1, 0.15) is 47.6 Å². The van der Waals surface area contributed by atoms with Gasteiger partial charge in [0.2, 0.25) is 0 Å². The summed E-state index contributed by atoms with van der Waals surface area (Å²) in [6, 6.07) is 18.7. The molecule has 3 aromatic rings. The largest absolute Gasteiger partial charge is 0.445 e. The highest BCUT2D eigenvalue weighted by molar-refractivity contribution is 5.91. The van der Waals surface area contributed by atoms with Crippen molar-refractivity contribution in [1.82, 2.24) is 9.55 Å². The number of hydrogen-bond donors (Lipinski definition) is 0. The number of Topliss-reactive ketones (excluding diaryl/α,β-unsaturated/α-hetero) is 1. The summed E-state index contributed by atoms with van der Waals surface area (Å²) in [5.41, 5.74) is 2.00. The summed E-state index contributed by atoms with van der Waals surface area (Å²) >= 11 is 0. The Labute approximate surface area is 152 Å². The molecule has 5 nitrogen and oxygen atoms in total. The summed E-state index contributed by atoms with van der Waals surface area (Å²) in [5.74, 6) is -0.805. The van der Waals surface area contributed by atoms with Gasteiger partial charge in [0, 0.05) is 0 Å². The molecule has 3 rings (SSSR count). The molecule has 26 heavy (non-hydrogen) atoms. The maximum Gasteiger partial charge on any atom is 0.357 e. The number of carbonyl (C=O) groups excluding carboxylic acids is 2.